The van der Waals surface area contributed by atoms with Crippen molar-refractivity contribution in [2.75, 3.05) is 12.4 Å². The molecular formula is C16H21N3O2. The third-order valence-corrected chi connectivity index (χ3v) is 2.82. The molecule has 0 atom stereocenters. The normalized spacial score (nSPS) is 10.5. The summed E-state index contributed by atoms with van der Waals surface area (Å²) in [5.74, 6) is 1.98. The Morgan fingerprint density at radius 2 is 1.95 bits per heavy atom. The highest BCUT2D eigenvalue weighted by molar-refractivity contribution is 5.38. The molecule has 0 amide bonds. The van der Waals surface area contributed by atoms with E-state index in [2.05, 4.69) is 15.3 Å². The maximum Gasteiger partial charge on any atom is 0.226 e. The second kappa shape index (κ2) is 6.92. The van der Waals surface area contributed by atoms with Gasteiger partial charge in [-0.2, -0.15) is 4.98 Å². The Morgan fingerprint density at radius 1 is 1.19 bits per heavy atom. The predicted octanol–water partition coefficient (Wildman–Crippen LogP) is 3.19. The molecule has 2 rings (SSSR count). The SMILES string of the molecule is COc1ccccc1CNc1nc(C)cc(OC(C)C)n1. The Kier molecular flexibility index (Phi) is 4.98. The summed E-state index contributed by atoms with van der Waals surface area (Å²) in [7, 11) is 1.66. The Labute approximate surface area is 125 Å². The number of anilines is 1. The minimum absolute atomic E-state index is 0.0846. The smallest absolute Gasteiger partial charge is 0.226 e. The van der Waals surface area contributed by atoms with Gasteiger partial charge in [0.25, 0.3) is 0 Å². The molecule has 0 saturated heterocycles. The van der Waals surface area contributed by atoms with Crippen LogP contribution in [0.25, 0.3) is 0 Å². The minimum Gasteiger partial charge on any atom is -0.496 e. The lowest BCUT2D eigenvalue weighted by Crippen LogP contribution is -2.10. The quantitative estimate of drug-likeness (QED) is 0.884. The van der Waals surface area contributed by atoms with E-state index >= 15 is 0 Å². The van der Waals surface area contributed by atoms with Crippen molar-refractivity contribution in [2.24, 2.45) is 0 Å². The molecule has 2 aromatic rings. The van der Waals surface area contributed by atoms with Crippen molar-refractivity contribution in [3.63, 3.8) is 0 Å². The van der Waals surface area contributed by atoms with Gasteiger partial charge in [-0.15, -0.1) is 0 Å². The van der Waals surface area contributed by atoms with Crippen molar-refractivity contribution in [1.29, 1.82) is 0 Å². The van der Waals surface area contributed by atoms with Crippen LogP contribution in [-0.2, 0) is 6.54 Å². The van der Waals surface area contributed by atoms with E-state index < -0.39 is 0 Å². The fraction of sp³-hybridized carbons (Fsp3) is 0.375. The second-order valence-electron chi connectivity index (χ2n) is 5.00. The first-order valence-corrected chi connectivity index (χ1v) is 6.96. The number of rotatable bonds is 6. The van der Waals surface area contributed by atoms with Crippen LogP contribution in [0.3, 0.4) is 0 Å². The van der Waals surface area contributed by atoms with Crippen LogP contribution < -0.4 is 14.8 Å². The van der Waals surface area contributed by atoms with Crippen LogP contribution in [0.5, 0.6) is 11.6 Å². The van der Waals surface area contributed by atoms with Crippen LogP contribution in [0.4, 0.5) is 5.95 Å². The number of methoxy groups -OCH3 is 1. The van der Waals surface area contributed by atoms with Crippen LogP contribution in [0, 0.1) is 6.92 Å². The van der Waals surface area contributed by atoms with Gasteiger partial charge < -0.3 is 14.8 Å². The molecular weight excluding hydrogens is 266 g/mol. The van der Waals surface area contributed by atoms with E-state index in [-0.39, 0.29) is 6.10 Å². The molecule has 1 N–H and O–H groups in total. The average Bonchev–Trinajstić information content (AvgIpc) is 2.44. The first kappa shape index (κ1) is 15.1. The number of nitrogens with one attached hydrogen (secondary N) is 1. The number of benzene rings is 1. The van der Waals surface area contributed by atoms with E-state index in [0.29, 0.717) is 18.4 Å². The molecule has 0 saturated carbocycles. The Bertz CT molecular complexity index is 600. The molecule has 0 aliphatic heterocycles. The van der Waals surface area contributed by atoms with Gasteiger partial charge in [0.1, 0.15) is 5.75 Å². The van der Waals surface area contributed by atoms with Gasteiger partial charge in [-0.05, 0) is 26.8 Å². The first-order valence-electron chi connectivity index (χ1n) is 6.96. The van der Waals surface area contributed by atoms with Crippen molar-refractivity contribution in [3.05, 3.63) is 41.6 Å². The number of aromatic nitrogens is 2. The largest absolute Gasteiger partial charge is 0.496 e. The summed E-state index contributed by atoms with van der Waals surface area (Å²) in [6.45, 7) is 6.45. The second-order valence-corrected chi connectivity index (χ2v) is 5.00. The summed E-state index contributed by atoms with van der Waals surface area (Å²) < 4.78 is 10.9. The molecule has 0 bridgehead atoms. The summed E-state index contributed by atoms with van der Waals surface area (Å²) in [5, 5.41) is 3.21. The molecule has 0 fully saturated rings. The molecule has 1 aromatic carbocycles. The van der Waals surface area contributed by atoms with Crippen molar-refractivity contribution in [1.82, 2.24) is 9.97 Å². The molecule has 0 radical (unpaired) electrons. The van der Waals surface area contributed by atoms with Crippen molar-refractivity contribution < 1.29 is 9.47 Å². The summed E-state index contributed by atoms with van der Waals surface area (Å²) in [6.07, 6.45) is 0.0846. The van der Waals surface area contributed by atoms with Gasteiger partial charge >= 0.3 is 0 Å². The zero-order valence-electron chi connectivity index (χ0n) is 12.9. The molecule has 5 nitrogen and oxygen atoms in total. The number of aryl methyl sites for hydroxylation is 1. The van der Waals surface area contributed by atoms with E-state index in [0.717, 1.165) is 17.0 Å². The Hall–Kier alpha value is -2.30. The van der Waals surface area contributed by atoms with Crippen molar-refractivity contribution >= 4 is 5.95 Å². The van der Waals surface area contributed by atoms with Gasteiger partial charge in [0, 0.05) is 23.9 Å². The van der Waals surface area contributed by atoms with Crippen molar-refractivity contribution in [3.8, 4) is 11.6 Å². The van der Waals surface area contributed by atoms with Gasteiger partial charge in [0.2, 0.25) is 11.8 Å². The Morgan fingerprint density at radius 3 is 2.67 bits per heavy atom. The van der Waals surface area contributed by atoms with Crippen LogP contribution in [0.15, 0.2) is 30.3 Å². The lowest BCUT2D eigenvalue weighted by Gasteiger charge is -2.12. The highest BCUT2D eigenvalue weighted by Crippen LogP contribution is 2.19. The zero-order chi connectivity index (χ0) is 15.2. The molecule has 21 heavy (non-hydrogen) atoms. The minimum atomic E-state index is 0.0846. The van der Waals surface area contributed by atoms with Crippen LogP contribution in [0.1, 0.15) is 25.1 Å². The number of para-hydroxylation sites is 1. The van der Waals surface area contributed by atoms with Gasteiger partial charge in [-0.1, -0.05) is 18.2 Å². The van der Waals surface area contributed by atoms with E-state index in [1.54, 1.807) is 7.11 Å². The van der Waals surface area contributed by atoms with E-state index in [1.165, 1.54) is 0 Å². The molecule has 5 heteroatoms. The molecule has 0 spiro atoms. The van der Waals surface area contributed by atoms with Gasteiger partial charge in [0.05, 0.1) is 13.2 Å². The summed E-state index contributed by atoms with van der Waals surface area (Å²) in [5.41, 5.74) is 1.92. The molecule has 0 aliphatic carbocycles. The van der Waals surface area contributed by atoms with Crippen LogP contribution >= 0.6 is 0 Å². The molecule has 0 aliphatic rings. The van der Waals surface area contributed by atoms with Gasteiger partial charge in [-0.3, -0.25) is 0 Å². The molecule has 1 aromatic heterocycles. The van der Waals surface area contributed by atoms with Crippen molar-refractivity contribution in [2.45, 2.75) is 33.4 Å². The standard InChI is InChI=1S/C16H21N3O2/c1-11(2)21-15-9-12(3)18-16(19-15)17-10-13-7-5-6-8-14(13)20-4/h5-9,11H,10H2,1-4H3,(H,17,18,19). The third kappa shape index (κ3) is 4.34. The predicted molar refractivity (Wildman–Crippen MR) is 82.9 cm³/mol. The molecule has 0 unspecified atom stereocenters. The summed E-state index contributed by atoms with van der Waals surface area (Å²) in [6, 6.07) is 9.69. The lowest BCUT2D eigenvalue weighted by molar-refractivity contribution is 0.232. The van der Waals surface area contributed by atoms with Gasteiger partial charge in [-0.25, -0.2) is 4.98 Å². The number of ether oxygens (including phenoxy) is 2. The van der Waals surface area contributed by atoms with Crippen LogP contribution in [-0.4, -0.2) is 23.2 Å². The highest BCUT2D eigenvalue weighted by Gasteiger charge is 2.06. The highest BCUT2D eigenvalue weighted by atomic mass is 16.5. The molecule has 1 heterocycles. The maximum absolute atomic E-state index is 5.62. The lowest BCUT2D eigenvalue weighted by atomic mass is 10.2. The average molecular weight is 287 g/mol. The fourth-order valence-electron chi connectivity index (χ4n) is 1.94. The first-order chi connectivity index (χ1) is 10.1. The number of nitrogens with zero attached hydrogens (tertiary/aromatic N) is 2. The summed E-state index contributed by atoms with van der Waals surface area (Å²) in [4.78, 5) is 8.73. The Balaban J connectivity index is 2.10. The van der Waals surface area contributed by atoms with E-state index in [1.807, 2.05) is 51.1 Å². The number of hydrogen-bond acceptors (Lipinski definition) is 5. The van der Waals surface area contributed by atoms with E-state index in [4.69, 9.17) is 9.47 Å². The monoisotopic (exact) mass is 287 g/mol. The number of hydrogen-bond donors (Lipinski definition) is 1. The topological polar surface area (TPSA) is 56.3 Å². The fourth-order valence-corrected chi connectivity index (χ4v) is 1.94. The zero-order valence-corrected chi connectivity index (χ0v) is 12.9. The third-order valence-electron chi connectivity index (χ3n) is 2.82. The molecule has 112 valence electrons. The van der Waals surface area contributed by atoms with Crippen LogP contribution in [0.2, 0.25) is 0 Å². The maximum atomic E-state index is 5.62. The summed E-state index contributed by atoms with van der Waals surface area (Å²) >= 11 is 0. The van der Waals surface area contributed by atoms with E-state index in [9.17, 15) is 0 Å². The van der Waals surface area contributed by atoms with Gasteiger partial charge in [0.15, 0.2) is 0 Å².